The zero-order chi connectivity index (χ0) is 17.2. The third kappa shape index (κ3) is 3.84. The van der Waals surface area contributed by atoms with Gasteiger partial charge in [-0.3, -0.25) is 4.79 Å². The number of aromatic nitrogens is 1. The molecule has 1 N–H and O–H groups in total. The van der Waals surface area contributed by atoms with E-state index in [0.29, 0.717) is 17.3 Å². The molecule has 2 aliphatic rings. The summed E-state index contributed by atoms with van der Waals surface area (Å²) in [4.78, 5) is 20.6. The lowest BCUT2D eigenvalue weighted by Gasteiger charge is -2.26. The number of aromatic amines is 1. The third-order valence-electron chi connectivity index (χ3n) is 5.11. The van der Waals surface area contributed by atoms with Gasteiger partial charge in [0.2, 0.25) is 0 Å². The van der Waals surface area contributed by atoms with Crippen molar-refractivity contribution in [2.45, 2.75) is 25.4 Å². The topological polar surface area (TPSA) is 48.6 Å². The Morgan fingerprint density at radius 3 is 2.88 bits per heavy atom. The zero-order valence-corrected chi connectivity index (χ0v) is 15.1. The average Bonchev–Trinajstić information content (AvgIpc) is 3.19. The molecular formula is C19H24ClN3O2. The van der Waals surface area contributed by atoms with Crippen LogP contribution in [-0.4, -0.2) is 66.1 Å². The maximum atomic E-state index is 13.0. The van der Waals surface area contributed by atoms with E-state index in [1.807, 2.05) is 29.2 Å². The van der Waals surface area contributed by atoms with Gasteiger partial charge in [-0.15, -0.1) is 0 Å². The van der Waals surface area contributed by atoms with Gasteiger partial charge in [-0.05, 0) is 56.6 Å². The molecule has 1 amide bonds. The van der Waals surface area contributed by atoms with Gasteiger partial charge in [0, 0.05) is 42.2 Å². The molecule has 1 atom stereocenters. The fourth-order valence-electron chi connectivity index (χ4n) is 3.83. The first-order chi connectivity index (χ1) is 12.2. The standard InChI is InChI=1S/C19H24ClN3O2/c20-15-4-5-17-14(10-15)11-18(21-17)19(24)23-8-3-9-25-16(13-23)12-22-6-1-2-7-22/h4-5,10-11,16,21H,1-3,6-9,12-13H2/t16-/m1/s1. The van der Waals surface area contributed by atoms with E-state index < -0.39 is 0 Å². The van der Waals surface area contributed by atoms with Crippen LogP contribution >= 0.6 is 11.6 Å². The van der Waals surface area contributed by atoms with Gasteiger partial charge in [0.25, 0.3) is 5.91 Å². The number of amides is 1. The quantitative estimate of drug-likeness (QED) is 0.913. The number of likely N-dealkylation sites (tertiary alicyclic amines) is 1. The first-order valence-electron chi connectivity index (χ1n) is 9.10. The molecule has 25 heavy (non-hydrogen) atoms. The van der Waals surface area contributed by atoms with Crippen LogP contribution in [0.5, 0.6) is 0 Å². The average molecular weight is 362 g/mol. The van der Waals surface area contributed by atoms with Crippen molar-refractivity contribution < 1.29 is 9.53 Å². The second kappa shape index (κ2) is 7.36. The number of hydrogen-bond donors (Lipinski definition) is 1. The van der Waals surface area contributed by atoms with Crippen molar-refractivity contribution in [1.29, 1.82) is 0 Å². The number of ether oxygens (including phenoxy) is 1. The fraction of sp³-hybridized carbons (Fsp3) is 0.526. The Bertz CT molecular complexity index is 754. The Morgan fingerprint density at radius 1 is 1.20 bits per heavy atom. The molecule has 0 aliphatic carbocycles. The van der Waals surface area contributed by atoms with E-state index >= 15 is 0 Å². The molecular weight excluding hydrogens is 338 g/mol. The predicted octanol–water partition coefficient (Wildman–Crippen LogP) is 3.15. The number of halogens is 1. The van der Waals surface area contributed by atoms with Crippen LogP contribution in [0.3, 0.4) is 0 Å². The molecule has 2 fully saturated rings. The van der Waals surface area contributed by atoms with E-state index in [2.05, 4.69) is 9.88 Å². The number of nitrogens with zero attached hydrogens (tertiary/aromatic N) is 2. The summed E-state index contributed by atoms with van der Waals surface area (Å²) in [6, 6.07) is 7.52. The molecule has 1 aromatic carbocycles. The number of carbonyl (C=O) groups excluding carboxylic acids is 1. The number of fused-ring (bicyclic) bond motifs is 1. The number of nitrogens with one attached hydrogen (secondary N) is 1. The minimum atomic E-state index is 0.0456. The van der Waals surface area contributed by atoms with Crippen molar-refractivity contribution >= 4 is 28.4 Å². The summed E-state index contributed by atoms with van der Waals surface area (Å²) < 4.78 is 5.99. The molecule has 3 heterocycles. The van der Waals surface area contributed by atoms with Crippen molar-refractivity contribution in [1.82, 2.24) is 14.8 Å². The zero-order valence-electron chi connectivity index (χ0n) is 14.3. The molecule has 2 aromatic rings. The molecule has 2 saturated heterocycles. The Kier molecular flexibility index (Phi) is 4.97. The van der Waals surface area contributed by atoms with Crippen molar-refractivity contribution in [2.75, 3.05) is 39.3 Å². The lowest BCUT2D eigenvalue weighted by molar-refractivity contribution is 0.0296. The van der Waals surface area contributed by atoms with Crippen LogP contribution in [0.2, 0.25) is 5.02 Å². The molecule has 134 valence electrons. The normalized spacial score (nSPS) is 22.4. The summed E-state index contributed by atoms with van der Waals surface area (Å²) in [5, 5.41) is 1.65. The highest BCUT2D eigenvalue weighted by Gasteiger charge is 2.26. The van der Waals surface area contributed by atoms with E-state index in [0.717, 1.165) is 50.1 Å². The SMILES string of the molecule is O=C(c1cc2cc(Cl)ccc2[nH]1)N1CCCO[C@H](CN2CCCC2)C1. The number of rotatable bonds is 3. The number of hydrogen-bond acceptors (Lipinski definition) is 3. The maximum Gasteiger partial charge on any atom is 0.270 e. The molecule has 5 nitrogen and oxygen atoms in total. The minimum absolute atomic E-state index is 0.0456. The lowest BCUT2D eigenvalue weighted by Crippen LogP contribution is -2.42. The van der Waals surface area contributed by atoms with E-state index in [1.54, 1.807) is 0 Å². The fourth-order valence-corrected chi connectivity index (χ4v) is 4.01. The molecule has 6 heteroatoms. The van der Waals surface area contributed by atoms with Gasteiger partial charge in [-0.1, -0.05) is 11.6 Å². The number of carbonyl (C=O) groups is 1. The summed E-state index contributed by atoms with van der Waals surface area (Å²) in [7, 11) is 0. The predicted molar refractivity (Wildman–Crippen MR) is 99.2 cm³/mol. The summed E-state index contributed by atoms with van der Waals surface area (Å²) in [6.45, 7) is 5.35. The first-order valence-corrected chi connectivity index (χ1v) is 9.48. The van der Waals surface area contributed by atoms with Crippen molar-refractivity contribution in [3.8, 4) is 0 Å². The third-order valence-corrected chi connectivity index (χ3v) is 5.35. The van der Waals surface area contributed by atoms with Crippen molar-refractivity contribution in [2.24, 2.45) is 0 Å². The molecule has 4 rings (SSSR count). The van der Waals surface area contributed by atoms with Crippen molar-refractivity contribution in [3.63, 3.8) is 0 Å². The highest BCUT2D eigenvalue weighted by atomic mass is 35.5. The van der Waals surface area contributed by atoms with Crippen LogP contribution in [-0.2, 0) is 4.74 Å². The molecule has 0 unspecified atom stereocenters. The smallest absolute Gasteiger partial charge is 0.270 e. The summed E-state index contributed by atoms with van der Waals surface area (Å²) in [5.41, 5.74) is 1.56. The minimum Gasteiger partial charge on any atom is -0.375 e. The molecule has 1 aromatic heterocycles. The van der Waals surface area contributed by atoms with Gasteiger partial charge < -0.3 is 19.5 Å². The molecule has 0 radical (unpaired) electrons. The summed E-state index contributed by atoms with van der Waals surface area (Å²) in [6.07, 6.45) is 3.53. The van der Waals surface area contributed by atoms with Crippen LogP contribution in [0.4, 0.5) is 0 Å². The first kappa shape index (κ1) is 16.9. The molecule has 0 bridgehead atoms. The van der Waals surface area contributed by atoms with Gasteiger partial charge in [0.1, 0.15) is 5.69 Å². The highest BCUT2D eigenvalue weighted by Crippen LogP contribution is 2.21. The Hall–Kier alpha value is -1.56. The van der Waals surface area contributed by atoms with Gasteiger partial charge in [0.15, 0.2) is 0 Å². The van der Waals surface area contributed by atoms with Crippen LogP contribution in [0.25, 0.3) is 10.9 Å². The Labute approximate surface area is 152 Å². The Balaban J connectivity index is 1.48. The molecule has 2 aliphatic heterocycles. The highest BCUT2D eigenvalue weighted by molar-refractivity contribution is 6.31. The van der Waals surface area contributed by atoms with Crippen LogP contribution in [0, 0.1) is 0 Å². The maximum absolute atomic E-state index is 13.0. The van der Waals surface area contributed by atoms with E-state index in [4.69, 9.17) is 16.3 Å². The summed E-state index contributed by atoms with van der Waals surface area (Å²) >= 11 is 6.05. The molecule has 0 saturated carbocycles. The van der Waals surface area contributed by atoms with Gasteiger partial charge in [-0.25, -0.2) is 0 Å². The Morgan fingerprint density at radius 2 is 2.04 bits per heavy atom. The van der Waals surface area contributed by atoms with Crippen LogP contribution < -0.4 is 0 Å². The largest absolute Gasteiger partial charge is 0.375 e. The molecule has 0 spiro atoms. The number of benzene rings is 1. The summed E-state index contributed by atoms with van der Waals surface area (Å²) in [5.74, 6) is 0.0456. The van der Waals surface area contributed by atoms with E-state index in [9.17, 15) is 4.79 Å². The van der Waals surface area contributed by atoms with Gasteiger partial charge in [-0.2, -0.15) is 0 Å². The van der Waals surface area contributed by atoms with Gasteiger partial charge in [0.05, 0.1) is 6.10 Å². The lowest BCUT2D eigenvalue weighted by atomic mass is 10.2. The van der Waals surface area contributed by atoms with E-state index in [-0.39, 0.29) is 12.0 Å². The number of H-pyrrole nitrogens is 1. The van der Waals surface area contributed by atoms with Crippen molar-refractivity contribution in [3.05, 3.63) is 35.0 Å². The van der Waals surface area contributed by atoms with Crippen LogP contribution in [0.15, 0.2) is 24.3 Å². The van der Waals surface area contributed by atoms with Crippen LogP contribution in [0.1, 0.15) is 29.8 Å². The second-order valence-electron chi connectivity index (χ2n) is 7.02. The monoisotopic (exact) mass is 361 g/mol. The van der Waals surface area contributed by atoms with E-state index in [1.165, 1.54) is 12.8 Å². The van der Waals surface area contributed by atoms with Gasteiger partial charge >= 0.3 is 0 Å². The second-order valence-corrected chi connectivity index (χ2v) is 7.46.